The Bertz CT molecular complexity index is 757. The Morgan fingerprint density at radius 1 is 1.15 bits per heavy atom. The second-order valence-electron chi connectivity index (χ2n) is 6.30. The number of amides is 2. The van der Waals surface area contributed by atoms with Crippen LogP contribution in [0.4, 0.5) is 0 Å². The molecule has 1 atom stereocenters. The molecule has 1 aliphatic rings. The number of halogens is 1. The quantitative estimate of drug-likeness (QED) is 0.653. The molecule has 0 radical (unpaired) electrons. The summed E-state index contributed by atoms with van der Waals surface area (Å²) in [4.78, 5) is 26.8. The maximum absolute atomic E-state index is 12.5. The molecule has 2 amide bonds. The van der Waals surface area contributed by atoms with Crippen LogP contribution in [0.15, 0.2) is 15.9 Å². The molecular weight excluding hydrogens is 444 g/mol. The minimum atomic E-state index is -3.53. The monoisotopic (exact) mass is 466 g/mol. The van der Waals surface area contributed by atoms with E-state index in [9.17, 15) is 18.0 Å². The fourth-order valence-electron chi connectivity index (χ4n) is 2.56. The second-order valence-corrected chi connectivity index (χ2v) is 10.5. The molecule has 1 aromatic heterocycles. The van der Waals surface area contributed by atoms with Gasteiger partial charge < -0.3 is 10.2 Å². The smallest absolute Gasteiger partial charge is 0.279 e. The first-order valence-electron chi connectivity index (χ1n) is 8.22. The molecule has 1 fully saturated rings. The molecule has 0 aromatic carbocycles. The first kappa shape index (κ1) is 21.3. The summed E-state index contributed by atoms with van der Waals surface area (Å²) in [6.45, 7) is 6.19. The molecule has 1 saturated heterocycles. The van der Waals surface area contributed by atoms with Crippen molar-refractivity contribution in [3.8, 4) is 0 Å². The number of nitrogens with zero attached hydrogens (tertiary/aromatic N) is 2. The normalized spacial score (nSPS) is 17.3. The lowest BCUT2D eigenvalue weighted by Crippen LogP contribution is -2.57. The summed E-state index contributed by atoms with van der Waals surface area (Å²) in [7, 11) is -3.53. The fourth-order valence-corrected chi connectivity index (χ4v) is 5.24. The highest BCUT2D eigenvalue weighted by Gasteiger charge is 2.31. The highest BCUT2D eigenvalue weighted by Crippen LogP contribution is 2.22. The third-order valence-corrected chi connectivity index (χ3v) is 7.23. The van der Waals surface area contributed by atoms with Crippen molar-refractivity contribution in [1.29, 1.82) is 0 Å². The van der Waals surface area contributed by atoms with Crippen molar-refractivity contribution < 1.29 is 18.0 Å². The number of rotatable bonds is 6. The Kier molecular flexibility index (Phi) is 7.19. The molecule has 1 unspecified atom stereocenters. The third-order valence-electron chi connectivity index (χ3n) is 3.79. The van der Waals surface area contributed by atoms with Crippen LogP contribution in [-0.4, -0.2) is 67.7 Å². The van der Waals surface area contributed by atoms with E-state index in [0.29, 0.717) is 18.0 Å². The largest absolute Gasteiger partial charge is 0.340 e. The van der Waals surface area contributed by atoms with Crippen LogP contribution in [0.25, 0.3) is 0 Å². The Labute approximate surface area is 166 Å². The van der Waals surface area contributed by atoms with E-state index in [4.69, 9.17) is 0 Å². The molecule has 146 valence electrons. The Morgan fingerprint density at radius 3 is 2.27 bits per heavy atom. The van der Waals surface area contributed by atoms with Crippen LogP contribution < -0.4 is 10.0 Å². The summed E-state index contributed by atoms with van der Waals surface area (Å²) >= 11 is 4.59. The zero-order chi connectivity index (χ0) is 19.5. The van der Waals surface area contributed by atoms with Crippen LogP contribution in [0.3, 0.4) is 0 Å². The Balaban J connectivity index is 1.88. The zero-order valence-corrected chi connectivity index (χ0v) is 18.1. The standard InChI is InChI=1S/C15H23BrN4O4S2/c1-10(2)18-26(23,24)20-8-6-19(7-9-20)15(22)11(3)17-14(21)12-4-5-13(16)25-12/h4-5,10-11,18H,6-9H2,1-3H3,(H,17,21). The third kappa shape index (κ3) is 5.49. The summed E-state index contributed by atoms with van der Waals surface area (Å²) in [5.41, 5.74) is 0. The van der Waals surface area contributed by atoms with Crippen molar-refractivity contribution in [1.82, 2.24) is 19.2 Å². The minimum Gasteiger partial charge on any atom is -0.340 e. The topological polar surface area (TPSA) is 98.8 Å². The second kappa shape index (κ2) is 8.79. The average molecular weight is 467 g/mol. The maximum atomic E-state index is 12.5. The summed E-state index contributed by atoms with van der Waals surface area (Å²) in [6.07, 6.45) is 0. The van der Waals surface area contributed by atoms with Crippen molar-refractivity contribution in [3.05, 3.63) is 20.8 Å². The first-order chi connectivity index (χ1) is 12.1. The minimum absolute atomic E-state index is 0.188. The number of carbonyl (C=O) groups excluding carboxylic acids is 2. The average Bonchev–Trinajstić information content (AvgIpc) is 2.99. The number of nitrogens with one attached hydrogen (secondary N) is 2. The molecule has 1 aliphatic heterocycles. The molecule has 2 N–H and O–H groups in total. The predicted molar refractivity (Wildman–Crippen MR) is 104 cm³/mol. The Hall–Kier alpha value is -1.01. The Morgan fingerprint density at radius 2 is 1.77 bits per heavy atom. The number of hydrogen-bond donors (Lipinski definition) is 2. The highest BCUT2D eigenvalue weighted by molar-refractivity contribution is 9.11. The van der Waals surface area contributed by atoms with Crippen molar-refractivity contribution in [3.63, 3.8) is 0 Å². The van der Waals surface area contributed by atoms with Crippen molar-refractivity contribution in [2.75, 3.05) is 26.2 Å². The van der Waals surface area contributed by atoms with Gasteiger partial charge in [0.05, 0.1) is 8.66 Å². The van der Waals surface area contributed by atoms with Gasteiger partial charge in [-0.25, -0.2) is 0 Å². The van der Waals surface area contributed by atoms with Gasteiger partial charge in [0, 0.05) is 32.2 Å². The van der Waals surface area contributed by atoms with Gasteiger partial charge in [-0.1, -0.05) is 0 Å². The van der Waals surface area contributed by atoms with E-state index < -0.39 is 16.3 Å². The maximum Gasteiger partial charge on any atom is 0.279 e. The first-order valence-corrected chi connectivity index (χ1v) is 11.3. The van der Waals surface area contributed by atoms with Gasteiger partial charge in [0.15, 0.2) is 0 Å². The molecule has 0 spiro atoms. The van der Waals surface area contributed by atoms with E-state index in [0.717, 1.165) is 3.79 Å². The molecule has 0 saturated carbocycles. The van der Waals surface area contributed by atoms with Gasteiger partial charge in [-0.05, 0) is 48.8 Å². The summed E-state index contributed by atoms with van der Waals surface area (Å²) in [6, 6.07) is 2.59. The summed E-state index contributed by atoms with van der Waals surface area (Å²) in [5, 5.41) is 2.69. The predicted octanol–water partition coefficient (Wildman–Crippen LogP) is 1.02. The molecule has 2 heterocycles. The van der Waals surface area contributed by atoms with Gasteiger partial charge in [-0.2, -0.15) is 17.4 Å². The summed E-state index contributed by atoms with van der Waals surface area (Å²) < 4.78 is 29.0. The van der Waals surface area contributed by atoms with E-state index in [2.05, 4.69) is 26.0 Å². The van der Waals surface area contributed by atoms with Crippen LogP contribution in [-0.2, 0) is 15.0 Å². The van der Waals surface area contributed by atoms with Crippen LogP contribution in [0.5, 0.6) is 0 Å². The molecule has 1 aromatic rings. The van der Waals surface area contributed by atoms with Gasteiger partial charge in [-0.3, -0.25) is 9.59 Å². The van der Waals surface area contributed by atoms with Crippen LogP contribution in [0.2, 0.25) is 0 Å². The highest BCUT2D eigenvalue weighted by atomic mass is 79.9. The van der Waals surface area contributed by atoms with Gasteiger partial charge in [0.1, 0.15) is 6.04 Å². The van der Waals surface area contributed by atoms with E-state index in [1.807, 2.05) is 0 Å². The van der Waals surface area contributed by atoms with E-state index in [1.165, 1.54) is 15.6 Å². The number of carbonyl (C=O) groups is 2. The van der Waals surface area contributed by atoms with Crippen LogP contribution in [0.1, 0.15) is 30.4 Å². The fraction of sp³-hybridized carbons (Fsp3) is 0.600. The number of thiophene rings is 1. The van der Waals surface area contributed by atoms with E-state index in [-0.39, 0.29) is 30.9 Å². The van der Waals surface area contributed by atoms with Gasteiger partial charge >= 0.3 is 0 Å². The lowest BCUT2D eigenvalue weighted by Gasteiger charge is -2.35. The number of hydrogen-bond acceptors (Lipinski definition) is 5. The van der Waals surface area contributed by atoms with E-state index in [1.54, 1.807) is 37.8 Å². The molecular formula is C15H23BrN4O4S2. The summed E-state index contributed by atoms with van der Waals surface area (Å²) in [5.74, 6) is -0.522. The molecule has 11 heteroatoms. The molecule has 2 rings (SSSR count). The van der Waals surface area contributed by atoms with Crippen LogP contribution >= 0.6 is 27.3 Å². The van der Waals surface area contributed by atoms with Crippen LogP contribution in [0, 0.1) is 0 Å². The SMILES string of the molecule is CC(C)NS(=O)(=O)N1CCN(C(=O)C(C)NC(=O)c2ccc(Br)s2)CC1. The van der Waals surface area contributed by atoms with Gasteiger partial charge in [0.25, 0.3) is 16.1 Å². The number of piperazine rings is 1. The van der Waals surface area contributed by atoms with Crippen molar-refractivity contribution in [2.24, 2.45) is 0 Å². The molecule has 0 aliphatic carbocycles. The zero-order valence-electron chi connectivity index (χ0n) is 14.9. The van der Waals surface area contributed by atoms with Gasteiger partial charge in [0.2, 0.25) is 5.91 Å². The molecule has 8 nitrogen and oxygen atoms in total. The van der Waals surface area contributed by atoms with Crippen molar-refractivity contribution >= 4 is 49.3 Å². The molecule has 26 heavy (non-hydrogen) atoms. The lowest BCUT2D eigenvalue weighted by atomic mass is 10.2. The molecule has 0 bridgehead atoms. The van der Waals surface area contributed by atoms with Gasteiger partial charge in [-0.15, -0.1) is 11.3 Å². The van der Waals surface area contributed by atoms with Crippen molar-refractivity contribution in [2.45, 2.75) is 32.9 Å². The lowest BCUT2D eigenvalue weighted by molar-refractivity contribution is -0.134. The van der Waals surface area contributed by atoms with E-state index >= 15 is 0 Å².